The van der Waals surface area contributed by atoms with Gasteiger partial charge in [-0.15, -0.1) is 0 Å². The third-order valence-corrected chi connectivity index (χ3v) is 9.52. The van der Waals surface area contributed by atoms with Crippen molar-refractivity contribution < 1.29 is 37.9 Å². The minimum Gasteiger partial charge on any atom is -0.463 e. The van der Waals surface area contributed by atoms with Crippen molar-refractivity contribution in [2.45, 2.75) is 200 Å². The summed E-state index contributed by atoms with van der Waals surface area (Å²) in [6.45, 7) is 3.44. The van der Waals surface area contributed by atoms with Crippen molar-refractivity contribution in [3.63, 3.8) is 0 Å². The molecule has 0 aromatic carbocycles. The fraction of sp³-hybridized carbons (Fsp3) is 0.946. The summed E-state index contributed by atoms with van der Waals surface area (Å²) in [7, 11) is -4.39. The Morgan fingerprint density at radius 2 is 0.957 bits per heavy atom. The van der Waals surface area contributed by atoms with Gasteiger partial charge < -0.3 is 20.1 Å². The Morgan fingerprint density at radius 1 is 0.574 bits per heavy atom. The summed E-state index contributed by atoms with van der Waals surface area (Å²) in [6, 6.07) is 0. The molecule has 280 valence electrons. The van der Waals surface area contributed by atoms with Crippen LogP contribution in [0.1, 0.15) is 194 Å². The zero-order valence-corrected chi connectivity index (χ0v) is 31.4. The molecule has 1 amide bonds. The second kappa shape index (κ2) is 34.9. The molecule has 0 saturated carbocycles. The van der Waals surface area contributed by atoms with Crippen LogP contribution in [0.3, 0.4) is 0 Å². The van der Waals surface area contributed by atoms with Gasteiger partial charge >= 0.3 is 13.8 Å². The summed E-state index contributed by atoms with van der Waals surface area (Å²) in [5, 5.41) is 12.6. The van der Waals surface area contributed by atoms with Crippen molar-refractivity contribution in [2.24, 2.45) is 0 Å². The first kappa shape index (κ1) is 46.0. The highest BCUT2D eigenvalue weighted by molar-refractivity contribution is 7.47. The normalized spacial score (nSPS) is 13.4. The quantitative estimate of drug-likeness (QED) is 0.0333. The van der Waals surface area contributed by atoms with Crippen LogP contribution in [0.2, 0.25) is 0 Å². The first-order valence-corrected chi connectivity index (χ1v) is 21.0. The van der Waals surface area contributed by atoms with Gasteiger partial charge in [0.2, 0.25) is 5.91 Å². The molecule has 2 unspecified atom stereocenters. The molecule has 0 aliphatic carbocycles. The van der Waals surface area contributed by atoms with Gasteiger partial charge in [0, 0.05) is 19.4 Å². The van der Waals surface area contributed by atoms with Gasteiger partial charge in [0.15, 0.2) is 0 Å². The van der Waals surface area contributed by atoms with E-state index in [1.54, 1.807) is 0 Å². The third-order valence-electron chi connectivity index (χ3n) is 8.54. The van der Waals surface area contributed by atoms with Gasteiger partial charge in [0.05, 0.1) is 13.2 Å². The second-order valence-electron chi connectivity index (χ2n) is 13.3. The van der Waals surface area contributed by atoms with E-state index in [0.29, 0.717) is 12.8 Å². The van der Waals surface area contributed by atoms with Gasteiger partial charge in [-0.3, -0.25) is 18.6 Å². The van der Waals surface area contributed by atoms with Crippen LogP contribution in [0.25, 0.3) is 0 Å². The van der Waals surface area contributed by atoms with Gasteiger partial charge in [-0.1, -0.05) is 168 Å². The van der Waals surface area contributed by atoms with Crippen LogP contribution in [0.15, 0.2) is 0 Å². The maximum absolute atomic E-state index is 11.9. The standard InChI is InChI=1S/C37H74NO8P/c1-3-5-7-9-10-11-12-13-14-15-16-17-18-19-20-21-22-23-24-25-26-28-30-37(41)44-33-35(39)34-46-47(42,43)45-32-31-38-36(40)29-27-8-6-4-2/h35,39H,3-34H2,1-2H3,(H,38,40)(H,42,43). The predicted octanol–water partition coefficient (Wildman–Crippen LogP) is 10.1. The van der Waals surface area contributed by atoms with Crippen LogP contribution in [0.4, 0.5) is 0 Å². The highest BCUT2D eigenvalue weighted by Gasteiger charge is 2.23. The van der Waals surface area contributed by atoms with E-state index in [1.807, 2.05) is 0 Å². The number of phosphoric acid groups is 1. The molecular weight excluding hydrogens is 617 g/mol. The fourth-order valence-electron chi connectivity index (χ4n) is 5.56. The number of aliphatic hydroxyl groups is 1. The molecule has 0 saturated heterocycles. The van der Waals surface area contributed by atoms with Crippen molar-refractivity contribution >= 4 is 19.7 Å². The number of aliphatic hydroxyl groups excluding tert-OH is 1. The first-order chi connectivity index (χ1) is 22.8. The summed E-state index contributed by atoms with van der Waals surface area (Å²) < 4.78 is 26.6. The molecule has 0 radical (unpaired) electrons. The van der Waals surface area contributed by atoms with E-state index in [9.17, 15) is 24.2 Å². The Labute approximate surface area is 288 Å². The monoisotopic (exact) mass is 692 g/mol. The Morgan fingerprint density at radius 3 is 1.40 bits per heavy atom. The predicted molar refractivity (Wildman–Crippen MR) is 192 cm³/mol. The number of unbranched alkanes of at least 4 members (excludes halogenated alkanes) is 24. The van der Waals surface area contributed by atoms with E-state index in [1.165, 1.54) is 122 Å². The van der Waals surface area contributed by atoms with E-state index in [0.717, 1.165) is 44.9 Å². The number of carbonyl (C=O) groups is 2. The maximum Gasteiger partial charge on any atom is 0.472 e. The van der Waals surface area contributed by atoms with Crippen LogP contribution in [-0.4, -0.2) is 54.3 Å². The molecule has 0 fully saturated rings. The molecule has 0 aromatic heterocycles. The minimum atomic E-state index is -4.39. The van der Waals surface area contributed by atoms with Gasteiger partial charge in [0.1, 0.15) is 12.7 Å². The molecule has 0 aliphatic rings. The molecule has 0 bridgehead atoms. The number of ether oxygens (including phenoxy) is 1. The number of esters is 1. The molecule has 0 aliphatic heterocycles. The number of amides is 1. The largest absolute Gasteiger partial charge is 0.472 e. The van der Waals surface area contributed by atoms with Crippen LogP contribution in [-0.2, 0) is 27.9 Å². The molecule has 0 aromatic rings. The number of hydrogen-bond donors (Lipinski definition) is 3. The van der Waals surface area contributed by atoms with Crippen molar-refractivity contribution in [2.75, 3.05) is 26.4 Å². The zero-order chi connectivity index (χ0) is 34.7. The van der Waals surface area contributed by atoms with Crippen LogP contribution < -0.4 is 5.32 Å². The Balaban J connectivity index is 3.47. The molecular formula is C37H74NO8P. The van der Waals surface area contributed by atoms with E-state index in [-0.39, 0.29) is 25.7 Å². The van der Waals surface area contributed by atoms with Crippen molar-refractivity contribution in [1.82, 2.24) is 5.32 Å². The van der Waals surface area contributed by atoms with Crippen LogP contribution in [0, 0.1) is 0 Å². The molecule has 3 N–H and O–H groups in total. The number of phosphoric ester groups is 1. The average molecular weight is 692 g/mol. The summed E-state index contributed by atoms with van der Waals surface area (Å²) in [4.78, 5) is 33.4. The lowest BCUT2D eigenvalue weighted by atomic mass is 10.0. The molecule has 47 heavy (non-hydrogen) atoms. The number of carbonyl (C=O) groups excluding carboxylic acids is 2. The molecule has 10 heteroatoms. The second-order valence-corrected chi connectivity index (χ2v) is 14.7. The summed E-state index contributed by atoms with van der Waals surface area (Å²) in [5.74, 6) is -0.526. The molecule has 0 spiro atoms. The lowest BCUT2D eigenvalue weighted by molar-refractivity contribution is -0.147. The third kappa shape index (κ3) is 36.1. The molecule has 2 atom stereocenters. The SMILES string of the molecule is CCCCCCCCCCCCCCCCCCCCCCCCC(=O)OCC(O)COP(=O)(O)OCCNC(=O)CCCCCC. The zero-order valence-electron chi connectivity index (χ0n) is 30.5. The lowest BCUT2D eigenvalue weighted by Gasteiger charge is -2.15. The fourth-order valence-corrected chi connectivity index (χ4v) is 6.31. The summed E-state index contributed by atoms with van der Waals surface area (Å²) >= 11 is 0. The Bertz CT molecular complexity index is 754. The van der Waals surface area contributed by atoms with Crippen LogP contribution >= 0.6 is 7.82 Å². The number of hydrogen-bond acceptors (Lipinski definition) is 7. The van der Waals surface area contributed by atoms with Gasteiger partial charge in [-0.25, -0.2) is 4.57 Å². The van der Waals surface area contributed by atoms with Crippen LogP contribution in [0.5, 0.6) is 0 Å². The molecule has 9 nitrogen and oxygen atoms in total. The molecule has 0 rings (SSSR count). The van der Waals surface area contributed by atoms with Crippen molar-refractivity contribution in [1.29, 1.82) is 0 Å². The van der Waals surface area contributed by atoms with E-state index >= 15 is 0 Å². The highest BCUT2D eigenvalue weighted by Crippen LogP contribution is 2.42. The average Bonchev–Trinajstić information content (AvgIpc) is 3.05. The van der Waals surface area contributed by atoms with E-state index < -0.39 is 26.5 Å². The molecule has 0 heterocycles. The van der Waals surface area contributed by atoms with Gasteiger partial charge in [-0.05, 0) is 12.8 Å². The highest BCUT2D eigenvalue weighted by atomic mass is 31.2. The smallest absolute Gasteiger partial charge is 0.463 e. The first-order valence-electron chi connectivity index (χ1n) is 19.5. The van der Waals surface area contributed by atoms with Gasteiger partial charge in [0.25, 0.3) is 0 Å². The van der Waals surface area contributed by atoms with Gasteiger partial charge in [-0.2, -0.15) is 0 Å². The Hall–Kier alpha value is -0.990. The lowest BCUT2D eigenvalue weighted by Crippen LogP contribution is -2.27. The minimum absolute atomic E-state index is 0.0836. The van der Waals surface area contributed by atoms with E-state index in [2.05, 4.69) is 19.2 Å². The van der Waals surface area contributed by atoms with E-state index in [4.69, 9.17) is 13.8 Å². The van der Waals surface area contributed by atoms with Crippen molar-refractivity contribution in [3.05, 3.63) is 0 Å². The summed E-state index contributed by atoms with van der Waals surface area (Å²) in [6.07, 6.45) is 32.4. The summed E-state index contributed by atoms with van der Waals surface area (Å²) in [5.41, 5.74) is 0. The number of rotatable bonds is 37. The van der Waals surface area contributed by atoms with Crippen molar-refractivity contribution in [3.8, 4) is 0 Å². The topological polar surface area (TPSA) is 131 Å². The number of nitrogens with one attached hydrogen (secondary N) is 1. The Kier molecular flexibility index (Phi) is 34.1. The maximum atomic E-state index is 11.9.